The van der Waals surface area contributed by atoms with Crippen molar-refractivity contribution in [2.75, 3.05) is 5.73 Å². The zero-order valence-electron chi connectivity index (χ0n) is 10.6. The zero-order valence-corrected chi connectivity index (χ0v) is 11.4. The fraction of sp³-hybridized carbons (Fsp3) is 0.133. The molecule has 0 aliphatic rings. The van der Waals surface area contributed by atoms with E-state index >= 15 is 0 Å². The van der Waals surface area contributed by atoms with Crippen LogP contribution in [0.2, 0.25) is 5.02 Å². The van der Waals surface area contributed by atoms with Crippen molar-refractivity contribution in [3.63, 3.8) is 0 Å². The van der Waals surface area contributed by atoms with Gasteiger partial charge in [-0.3, -0.25) is 4.79 Å². The number of carbonyl (C=O) groups is 1. The Kier molecular flexibility index (Phi) is 4.07. The third-order valence-electron chi connectivity index (χ3n) is 2.80. The molecule has 3 N–H and O–H groups in total. The highest BCUT2D eigenvalue weighted by atomic mass is 35.5. The van der Waals surface area contributed by atoms with E-state index in [1.807, 2.05) is 31.2 Å². The molecule has 0 aliphatic heterocycles. The Hall–Kier alpha value is -2.00. The summed E-state index contributed by atoms with van der Waals surface area (Å²) in [7, 11) is 0. The Labute approximate surface area is 117 Å². The number of nitrogens with one attached hydrogen (secondary N) is 1. The molecular formula is C15H15ClN2O. The van der Waals surface area contributed by atoms with E-state index in [0.29, 0.717) is 22.8 Å². The van der Waals surface area contributed by atoms with Gasteiger partial charge in [0.15, 0.2) is 0 Å². The van der Waals surface area contributed by atoms with Crippen LogP contribution in [-0.4, -0.2) is 5.91 Å². The molecule has 0 unspecified atom stereocenters. The van der Waals surface area contributed by atoms with Crippen LogP contribution >= 0.6 is 11.6 Å². The van der Waals surface area contributed by atoms with Gasteiger partial charge >= 0.3 is 0 Å². The Morgan fingerprint density at radius 2 is 2.05 bits per heavy atom. The lowest BCUT2D eigenvalue weighted by molar-refractivity contribution is 0.0951. The van der Waals surface area contributed by atoms with Crippen LogP contribution in [0.5, 0.6) is 0 Å². The van der Waals surface area contributed by atoms with Gasteiger partial charge in [-0.2, -0.15) is 0 Å². The summed E-state index contributed by atoms with van der Waals surface area (Å²) in [5, 5.41) is 3.49. The van der Waals surface area contributed by atoms with Gasteiger partial charge in [-0.05, 0) is 36.8 Å². The average molecular weight is 275 g/mol. The van der Waals surface area contributed by atoms with Crippen LogP contribution in [0, 0.1) is 6.92 Å². The molecule has 0 spiro atoms. The lowest BCUT2D eigenvalue weighted by atomic mass is 10.1. The quantitative estimate of drug-likeness (QED) is 0.845. The number of aryl methyl sites for hydroxylation is 1. The van der Waals surface area contributed by atoms with Crippen molar-refractivity contribution in [3.8, 4) is 0 Å². The minimum absolute atomic E-state index is 0.179. The van der Waals surface area contributed by atoms with E-state index in [4.69, 9.17) is 17.3 Å². The number of hydrogen-bond donors (Lipinski definition) is 2. The first-order chi connectivity index (χ1) is 9.06. The Balaban J connectivity index is 2.07. The molecule has 2 aromatic rings. The first kappa shape index (κ1) is 13.4. The van der Waals surface area contributed by atoms with E-state index in [1.165, 1.54) is 0 Å². The van der Waals surface area contributed by atoms with Crippen LogP contribution in [0.4, 0.5) is 5.69 Å². The molecule has 0 fully saturated rings. The molecular weight excluding hydrogens is 260 g/mol. The van der Waals surface area contributed by atoms with Crippen molar-refractivity contribution in [2.45, 2.75) is 13.5 Å². The molecule has 0 bridgehead atoms. The maximum Gasteiger partial charge on any atom is 0.253 e. The Bertz CT molecular complexity index is 611. The summed E-state index contributed by atoms with van der Waals surface area (Å²) in [5.41, 5.74) is 8.74. The number of benzene rings is 2. The number of anilines is 1. The first-order valence-corrected chi connectivity index (χ1v) is 6.33. The highest BCUT2D eigenvalue weighted by Gasteiger charge is 2.09. The van der Waals surface area contributed by atoms with Crippen LogP contribution in [0.15, 0.2) is 42.5 Å². The second kappa shape index (κ2) is 5.76. The summed E-state index contributed by atoms with van der Waals surface area (Å²) >= 11 is 5.89. The van der Waals surface area contributed by atoms with Crippen molar-refractivity contribution in [1.29, 1.82) is 0 Å². The molecule has 0 aromatic heterocycles. The van der Waals surface area contributed by atoms with E-state index in [-0.39, 0.29) is 5.91 Å². The van der Waals surface area contributed by atoms with Crippen molar-refractivity contribution in [2.24, 2.45) is 0 Å². The van der Waals surface area contributed by atoms with Gasteiger partial charge in [-0.15, -0.1) is 0 Å². The van der Waals surface area contributed by atoms with Crippen LogP contribution < -0.4 is 11.1 Å². The predicted octanol–water partition coefficient (Wildman–Crippen LogP) is 3.16. The molecule has 0 saturated carbocycles. The molecule has 2 aromatic carbocycles. The van der Waals surface area contributed by atoms with Crippen molar-refractivity contribution >= 4 is 23.2 Å². The lowest BCUT2D eigenvalue weighted by Gasteiger charge is -2.08. The number of nitrogen functional groups attached to an aromatic ring is 1. The smallest absolute Gasteiger partial charge is 0.253 e. The van der Waals surface area contributed by atoms with Gasteiger partial charge in [0.25, 0.3) is 5.91 Å². The number of amides is 1. The number of hydrogen-bond acceptors (Lipinski definition) is 2. The summed E-state index contributed by atoms with van der Waals surface area (Å²) in [6.45, 7) is 2.35. The van der Waals surface area contributed by atoms with Gasteiger partial charge in [0.2, 0.25) is 0 Å². The molecule has 0 radical (unpaired) electrons. The summed E-state index contributed by atoms with van der Waals surface area (Å²) < 4.78 is 0. The monoisotopic (exact) mass is 274 g/mol. The molecule has 0 saturated heterocycles. The normalized spacial score (nSPS) is 10.2. The van der Waals surface area contributed by atoms with E-state index in [9.17, 15) is 4.79 Å². The SMILES string of the molecule is Cc1ccc(N)c(C(=O)NCc2cccc(Cl)c2)c1. The van der Waals surface area contributed by atoms with Crippen LogP contribution in [0.25, 0.3) is 0 Å². The predicted molar refractivity (Wildman–Crippen MR) is 78.2 cm³/mol. The first-order valence-electron chi connectivity index (χ1n) is 5.95. The summed E-state index contributed by atoms with van der Waals surface area (Å²) in [6.07, 6.45) is 0. The molecule has 19 heavy (non-hydrogen) atoms. The summed E-state index contributed by atoms with van der Waals surface area (Å²) in [6, 6.07) is 12.8. The second-order valence-corrected chi connectivity index (χ2v) is 4.84. The van der Waals surface area contributed by atoms with E-state index in [2.05, 4.69) is 5.32 Å². The molecule has 0 heterocycles. The second-order valence-electron chi connectivity index (χ2n) is 4.40. The van der Waals surface area contributed by atoms with Gasteiger partial charge in [0.05, 0.1) is 5.56 Å². The summed E-state index contributed by atoms with van der Waals surface area (Å²) in [5.74, 6) is -0.179. The Morgan fingerprint density at radius 3 is 2.79 bits per heavy atom. The standard InChI is InChI=1S/C15H15ClN2O/c1-10-5-6-14(17)13(7-10)15(19)18-9-11-3-2-4-12(16)8-11/h2-8H,9,17H2,1H3,(H,18,19). The number of halogens is 1. The lowest BCUT2D eigenvalue weighted by Crippen LogP contribution is -2.23. The van der Waals surface area contributed by atoms with Gasteiger partial charge in [0, 0.05) is 17.3 Å². The van der Waals surface area contributed by atoms with Gasteiger partial charge in [-0.1, -0.05) is 35.4 Å². The molecule has 0 aliphatic carbocycles. The van der Waals surface area contributed by atoms with Crippen LogP contribution in [0.1, 0.15) is 21.5 Å². The maximum atomic E-state index is 12.1. The molecule has 4 heteroatoms. The zero-order chi connectivity index (χ0) is 13.8. The third-order valence-corrected chi connectivity index (χ3v) is 3.03. The minimum atomic E-state index is -0.179. The minimum Gasteiger partial charge on any atom is -0.398 e. The van der Waals surface area contributed by atoms with E-state index < -0.39 is 0 Å². The van der Waals surface area contributed by atoms with E-state index in [1.54, 1.807) is 18.2 Å². The maximum absolute atomic E-state index is 12.1. The van der Waals surface area contributed by atoms with Crippen molar-refractivity contribution in [1.82, 2.24) is 5.32 Å². The third kappa shape index (κ3) is 3.48. The fourth-order valence-electron chi connectivity index (χ4n) is 1.79. The molecule has 0 atom stereocenters. The molecule has 3 nitrogen and oxygen atoms in total. The average Bonchev–Trinajstić information content (AvgIpc) is 2.39. The topological polar surface area (TPSA) is 55.1 Å². The van der Waals surface area contributed by atoms with Gasteiger partial charge in [0.1, 0.15) is 0 Å². The van der Waals surface area contributed by atoms with Crippen LogP contribution in [-0.2, 0) is 6.54 Å². The number of nitrogens with two attached hydrogens (primary N) is 1. The van der Waals surface area contributed by atoms with Crippen LogP contribution in [0.3, 0.4) is 0 Å². The molecule has 1 amide bonds. The van der Waals surface area contributed by atoms with Gasteiger partial charge < -0.3 is 11.1 Å². The summed E-state index contributed by atoms with van der Waals surface area (Å²) in [4.78, 5) is 12.1. The fourth-order valence-corrected chi connectivity index (χ4v) is 2.00. The number of carbonyl (C=O) groups excluding carboxylic acids is 1. The molecule has 98 valence electrons. The largest absolute Gasteiger partial charge is 0.398 e. The number of rotatable bonds is 3. The van der Waals surface area contributed by atoms with E-state index in [0.717, 1.165) is 11.1 Å². The molecule has 2 rings (SSSR count). The van der Waals surface area contributed by atoms with Gasteiger partial charge in [-0.25, -0.2) is 0 Å². The highest BCUT2D eigenvalue weighted by Crippen LogP contribution is 2.14. The van der Waals surface area contributed by atoms with Crippen molar-refractivity contribution in [3.05, 3.63) is 64.2 Å². The Morgan fingerprint density at radius 1 is 1.26 bits per heavy atom. The highest BCUT2D eigenvalue weighted by molar-refractivity contribution is 6.30. The van der Waals surface area contributed by atoms with Crippen molar-refractivity contribution < 1.29 is 4.79 Å².